The van der Waals surface area contributed by atoms with Crippen molar-refractivity contribution in [3.63, 3.8) is 0 Å². The van der Waals surface area contributed by atoms with Crippen molar-refractivity contribution < 1.29 is 4.79 Å². The van der Waals surface area contributed by atoms with Crippen LogP contribution in [0.1, 0.15) is 42.1 Å². The number of nitriles is 1. The zero-order chi connectivity index (χ0) is 16.8. The number of amides is 1. The minimum Gasteiger partial charge on any atom is -0.368 e. The molecule has 6 heteroatoms. The standard InChI is InChI=1S/C17H19N5O/c1-4-11(2)19-16-9-15(20-12(3)21-16)17(23)22-14-8-6-5-7-13(14)10-18/h5-9,11H,4H2,1-3H3,(H,22,23)(H,19,20,21). The molecule has 6 nitrogen and oxygen atoms in total. The molecule has 0 spiro atoms. The van der Waals surface area contributed by atoms with E-state index in [0.717, 1.165) is 6.42 Å². The van der Waals surface area contributed by atoms with E-state index in [-0.39, 0.29) is 17.6 Å². The number of rotatable bonds is 5. The molecule has 1 amide bonds. The van der Waals surface area contributed by atoms with E-state index < -0.39 is 0 Å². The topological polar surface area (TPSA) is 90.7 Å². The van der Waals surface area contributed by atoms with E-state index >= 15 is 0 Å². The molecule has 1 atom stereocenters. The molecule has 2 rings (SSSR count). The van der Waals surface area contributed by atoms with Crippen LogP contribution in [0, 0.1) is 18.3 Å². The number of para-hydroxylation sites is 1. The summed E-state index contributed by atoms with van der Waals surface area (Å²) in [7, 11) is 0. The van der Waals surface area contributed by atoms with Crippen molar-refractivity contribution in [3.05, 3.63) is 47.4 Å². The second-order valence-electron chi connectivity index (χ2n) is 5.25. The minimum atomic E-state index is -0.370. The molecule has 23 heavy (non-hydrogen) atoms. The fraction of sp³-hybridized carbons (Fsp3) is 0.294. The summed E-state index contributed by atoms with van der Waals surface area (Å²) in [6, 6.07) is 10.8. The van der Waals surface area contributed by atoms with Gasteiger partial charge in [0.1, 0.15) is 23.4 Å². The molecular weight excluding hydrogens is 290 g/mol. The van der Waals surface area contributed by atoms with Crippen LogP contribution >= 0.6 is 0 Å². The average molecular weight is 309 g/mol. The van der Waals surface area contributed by atoms with E-state index in [2.05, 4.69) is 27.5 Å². The first-order valence-corrected chi connectivity index (χ1v) is 7.46. The van der Waals surface area contributed by atoms with Gasteiger partial charge in [-0.05, 0) is 32.4 Å². The van der Waals surface area contributed by atoms with E-state index in [1.54, 1.807) is 37.3 Å². The molecule has 1 aromatic heterocycles. The van der Waals surface area contributed by atoms with E-state index in [1.807, 2.05) is 13.0 Å². The average Bonchev–Trinajstić information content (AvgIpc) is 2.54. The van der Waals surface area contributed by atoms with Crippen LogP contribution in [-0.2, 0) is 0 Å². The summed E-state index contributed by atoms with van der Waals surface area (Å²) < 4.78 is 0. The fourth-order valence-corrected chi connectivity index (χ4v) is 1.99. The lowest BCUT2D eigenvalue weighted by atomic mass is 10.2. The molecule has 0 bridgehead atoms. The summed E-state index contributed by atoms with van der Waals surface area (Å²) in [6.07, 6.45) is 0.945. The second-order valence-corrected chi connectivity index (χ2v) is 5.25. The number of anilines is 2. The quantitative estimate of drug-likeness (QED) is 0.885. The van der Waals surface area contributed by atoms with Gasteiger partial charge in [0.05, 0.1) is 11.3 Å². The Bertz CT molecular complexity index is 751. The van der Waals surface area contributed by atoms with Gasteiger partial charge in [-0.25, -0.2) is 9.97 Å². The van der Waals surface area contributed by atoms with Crippen LogP contribution in [0.4, 0.5) is 11.5 Å². The largest absolute Gasteiger partial charge is 0.368 e. The number of hydrogen-bond acceptors (Lipinski definition) is 5. The molecule has 0 radical (unpaired) electrons. The molecule has 2 aromatic rings. The summed E-state index contributed by atoms with van der Waals surface area (Å²) in [6.45, 7) is 5.85. The Kier molecular flexibility index (Phi) is 5.26. The maximum atomic E-state index is 12.4. The Labute approximate surface area is 135 Å². The van der Waals surface area contributed by atoms with E-state index in [0.29, 0.717) is 22.9 Å². The number of carbonyl (C=O) groups is 1. The summed E-state index contributed by atoms with van der Waals surface area (Å²) >= 11 is 0. The van der Waals surface area contributed by atoms with E-state index in [9.17, 15) is 4.79 Å². The van der Waals surface area contributed by atoms with Crippen molar-refractivity contribution in [3.8, 4) is 6.07 Å². The Morgan fingerprint density at radius 1 is 1.35 bits per heavy atom. The highest BCUT2D eigenvalue weighted by atomic mass is 16.1. The van der Waals surface area contributed by atoms with Crippen molar-refractivity contribution in [2.24, 2.45) is 0 Å². The van der Waals surface area contributed by atoms with Crippen LogP contribution in [0.25, 0.3) is 0 Å². The Balaban J connectivity index is 2.24. The molecule has 118 valence electrons. The highest BCUT2D eigenvalue weighted by Gasteiger charge is 2.13. The van der Waals surface area contributed by atoms with Gasteiger partial charge < -0.3 is 10.6 Å². The smallest absolute Gasteiger partial charge is 0.274 e. The maximum absolute atomic E-state index is 12.4. The van der Waals surface area contributed by atoms with Crippen molar-refractivity contribution >= 4 is 17.4 Å². The van der Waals surface area contributed by atoms with Crippen LogP contribution < -0.4 is 10.6 Å². The third-order valence-electron chi connectivity index (χ3n) is 3.37. The van der Waals surface area contributed by atoms with Crippen LogP contribution in [0.15, 0.2) is 30.3 Å². The summed E-state index contributed by atoms with van der Waals surface area (Å²) in [4.78, 5) is 20.9. The van der Waals surface area contributed by atoms with Crippen molar-refractivity contribution in [2.45, 2.75) is 33.2 Å². The molecule has 0 aliphatic rings. The van der Waals surface area contributed by atoms with Crippen LogP contribution in [0.2, 0.25) is 0 Å². The number of carbonyl (C=O) groups excluding carboxylic acids is 1. The Hall–Kier alpha value is -2.94. The van der Waals surface area contributed by atoms with Gasteiger partial charge in [-0.15, -0.1) is 0 Å². The number of benzene rings is 1. The zero-order valence-electron chi connectivity index (χ0n) is 13.4. The molecule has 1 unspecified atom stereocenters. The maximum Gasteiger partial charge on any atom is 0.274 e. The van der Waals surface area contributed by atoms with Crippen molar-refractivity contribution in [1.82, 2.24) is 9.97 Å². The summed E-state index contributed by atoms with van der Waals surface area (Å²) in [5.41, 5.74) is 1.13. The lowest BCUT2D eigenvalue weighted by molar-refractivity contribution is 0.102. The lowest BCUT2D eigenvalue weighted by Gasteiger charge is -2.13. The fourth-order valence-electron chi connectivity index (χ4n) is 1.99. The molecular formula is C17H19N5O. The van der Waals surface area contributed by atoms with Gasteiger partial charge in [0.2, 0.25) is 0 Å². The van der Waals surface area contributed by atoms with Crippen molar-refractivity contribution in [2.75, 3.05) is 10.6 Å². The number of hydrogen-bond donors (Lipinski definition) is 2. The third-order valence-corrected chi connectivity index (χ3v) is 3.37. The molecule has 0 saturated heterocycles. The Morgan fingerprint density at radius 3 is 2.78 bits per heavy atom. The monoisotopic (exact) mass is 309 g/mol. The zero-order valence-corrected chi connectivity index (χ0v) is 13.4. The van der Waals surface area contributed by atoms with Gasteiger partial charge in [0, 0.05) is 12.1 Å². The molecule has 0 fully saturated rings. The molecule has 1 heterocycles. The van der Waals surface area contributed by atoms with Crippen LogP contribution in [0.5, 0.6) is 0 Å². The third kappa shape index (κ3) is 4.27. The first kappa shape index (κ1) is 16.4. The number of aromatic nitrogens is 2. The molecule has 1 aromatic carbocycles. The summed E-state index contributed by atoms with van der Waals surface area (Å²) in [5.74, 6) is 0.757. The highest BCUT2D eigenvalue weighted by Crippen LogP contribution is 2.16. The first-order valence-electron chi connectivity index (χ1n) is 7.46. The van der Waals surface area contributed by atoms with E-state index in [4.69, 9.17) is 5.26 Å². The minimum absolute atomic E-state index is 0.250. The Morgan fingerprint density at radius 2 is 2.09 bits per heavy atom. The normalized spacial score (nSPS) is 11.4. The molecule has 0 aliphatic carbocycles. The molecule has 2 N–H and O–H groups in total. The van der Waals surface area contributed by atoms with Gasteiger partial charge in [-0.1, -0.05) is 19.1 Å². The van der Waals surface area contributed by atoms with Gasteiger partial charge in [-0.3, -0.25) is 4.79 Å². The number of nitrogens with one attached hydrogen (secondary N) is 2. The van der Waals surface area contributed by atoms with Gasteiger partial charge >= 0.3 is 0 Å². The predicted octanol–water partition coefficient (Wildman–Crippen LogP) is 3.12. The van der Waals surface area contributed by atoms with Crippen LogP contribution in [-0.4, -0.2) is 21.9 Å². The molecule has 0 saturated carbocycles. The van der Waals surface area contributed by atoms with E-state index in [1.165, 1.54) is 0 Å². The number of nitrogens with zero attached hydrogens (tertiary/aromatic N) is 3. The SMILES string of the molecule is CCC(C)Nc1cc(C(=O)Nc2ccccc2C#N)nc(C)n1. The highest BCUT2D eigenvalue weighted by molar-refractivity contribution is 6.03. The lowest BCUT2D eigenvalue weighted by Crippen LogP contribution is -2.19. The second kappa shape index (κ2) is 7.36. The van der Waals surface area contributed by atoms with Gasteiger partial charge in [0.15, 0.2) is 0 Å². The number of aryl methyl sites for hydroxylation is 1. The molecule has 0 aliphatic heterocycles. The van der Waals surface area contributed by atoms with Crippen LogP contribution in [0.3, 0.4) is 0 Å². The van der Waals surface area contributed by atoms with Crippen molar-refractivity contribution in [1.29, 1.82) is 5.26 Å². The summed E-state index contributed by atoms with van der Waals surface area (Å²) in [5, 5.41) is 15.0. The van der Waals surface area contributed by atoms with Gasteiger partial charge in [0.25, 0.3) is 5.91 Å². The first-order chi connectivity index (χ1) is 11.0. The van der Waals surface area contributed by atoms with Gasteiger partial charge in [-0.2, -0.15) is 5.26 Å². The predicted molar refractivity (Wildman–Crippen MR) is 89.3 cm³/mol.